The third kappa shape index (κ3) is 6.35. The van der Waals surface area contributed by atoms with E-state index < -0.39 is 35.0 Å². The molecule has 44 heavy (non-hydrogen) atoms. The molecular formula is C33H31ClF2N4O4. The Bertz CT molecular complexity index is 1720. The predicted molar refractivity (Wildman–Crippen MR) is 163 cm³/mol. The first-order chi connectivity index (χ1) is 20.8. The van der Waals surface area contributed by atoms with E-state index in [2.05, 4.69) is 10.4 Å². The number of piperidine rings is 1. The maximum atomic E-state index is 15.1. The number of carboxylic acids is 1. The maximum Gasteiger partial charge on any atom is 0.335 e. The molecule has 1 aliphatic rings. The van der Waals surface area contributed by atoms with Crippen LogP contribution in [0, 0.1) is 11.6 Å². The molecular weight excluding hydrogens is 590 g/mol. The monoisotopic (exact) mass is 620 g/mol. The van der Waals surface area contributed by atoms with Crippen LogP contribution in [0.1, 0.15) is 76.2 Å². The van der Waals surface area contributed by atoms with Gasteiger partial charge in [-0.25, -0.2) is 13.6 Å². The Hall–Kier alpha value is -4.57. The average Bonchev–Trinajstić information content (AvgIpc) is 3.45. The average molecular weight is 621 g/mol. The summed E-state index contributed by atoms with van der Waals surface area (Å²) in [6.07, 6.45) is 2.69. The molecule has 5 rings (SSSR count). The van der Waals surface area contributed by atoms with Gasteiger partial charge in [-0.1, -0.05) is 23.7 Å². The molecule has 1 saturated heterocycles. The van der Waals surface area contributed by atoms with Gasteiger partial charge in [-0.2, -0.15) is 5.10 Å². The van der Waals surface area contributed by atoms with E-state index in [0.29, 0.717) is 37.2 Å². The van der Waals surface area contributed by atoms with Gasteiger partial charge in [0.2, 0.25) is 0 Å². The number of aromatic nitrogens is 2. The lowest BCUT2D eigenvalue weighted by molar-refractivity contribution is 0.0691. The molecule has 1 aromatic heterocycles. The van der Waals surface area contributed by atoms with Crippen molar-refractivity contribution in [3.8, 4) is 11.3 Å². The molecule has 0 spiro atoms. The van der Waals surface area contributed by atoms with E-state index in [9.17, 15) is 18.8 Å². The summed E-state index contributed by atoms with van der Waals surface area (Å²) in [7, 11) is 0. The molecule has 2 heterocycles. The van der Waals surface area contributed by atoms with Crippen LogP contribution in [0.5, 0.6) is 0 Å². The zero-order valence-corrected chi connectivity index (χ0v) is 25.2. The summed E-state index contributed by atoms with van der Waals surface area (Å²) < 4.78 is 30.4. The second-order valence-electron chi connectivity index (χ2n) is 11.8. The van der Waals surface area contributed by atoms with Crippen LogP contribution in [-0.4, -0.2) is 50.7 Å². The normalized spacial score (nSPS) is 14.0. The molecule has 0 bridgehead atoms. The molecule has 1 fully saturated rings. The quantitative estimate of drug-likeness (QED) is 0.237. The minimum Gasteiger partial charge on any atom is -0.478 e. The molecule has 0 saturated carbocycles. The zero-order valence-electron chi connectivity index (χ0n) is 24.4. The van der Waals surface area contributed by atoms with Gasteiger partial charge in [0.15, 0.2) is 0 Å². The summed E-state index contributed by atoms with van der Waals surface area (Å²) in [5, 5.41) is 16.0. The molecule has 0 atom stereocenters. The Morgan fingerprint density at radius 3 is 2.18 bits per heavy atom. The minimum absolute atomic E-state index is 0.0526. The number of hydrogen-bond donors (Lipinski definition) is 2. The number of carbonyl (C=O) groups is 3. The number of halogens is 3. The number of carbonyl (C=O) groups excluding carboxylic acids is 2. The Morgan fingerprint density at radius 2 is 1.59 bits per heavy atom. The van der Waals surface area contributed by atoms with Gasteiger partial charge in [-0.3, -0.25) is 14.3 Å². The highest BCUT2D eigenvalue weighted by Crippen LogP contribution is 2.33. The summed E-state index contributed by atoms with van der Waals surface area (Å²) in [4.78, 5) is 39.8. The topological polar surface area (TPSA) is 105 Å². The Labute approximate surface area is 258 Å². The van der Waals surface area contributed by atoms with E-state index >= 15 is 4.39 Å². The van der Waals surface area contributed by atoms with E-state index in [4.69, 9.17) is 16.7 Å². The Kier molecular flexibility index (Phi) is 8.56. The van der Waals surface area contributed by atoms with E-state index in [1.165, 1.54) is 24.4 Å². The number of anilines is 1. The fraction of sp³-hybridized carbons (Fsp3) is 0.273. The van der Waals surface area contributed by atoms with Gasteiger partial charge in [0, 0.05) is 18.7 Å². The number of benzene rings is 3. The van der Waals surface area contributed by atoms with Crippen molar-refractivity contribution in [1.29, 1.82) is 0 Å². The largest absolute Gasteiger partial charge is 0.478 e. The summed E-state index contributed by atoms with van der Waals surface area (Å²) >= 11 is 6.31. The summed E-state index contributed by atoms with van der Waals surface area (Å²) in [5.41, 5.74) is 1.65. The van der Waals surface area contributed by atoms with Crippen molar-refractivity contribution in [3.05, 3.63) is 106 Å². The molecule has 2 N–H and O–H groups in total. The van der Waals surface area contributed by atoms with Crippen LogP contribution < -0.4 is 5.32 Å². The predicted octanol–water partition coefficient (Wildman–Crippen LogP) is 7.21. The molecule has 8 nitrogen and oxygen atoms in total. The molecule has 228 valence electrons. The van der Waals surface area contributed by atoms with E-state index in [-0.39, 0.29) is 33.3 Å². The van der Waals surface area contributed by atoms with Gasteiger partial charge < -0.3 is 15.3 Å². The van der Waals surface area contributed by atoms with Crippen molar-refractivity contribution in [2.75, 3.05) is 18.4 Å². The van der Waals surface area contributed by atoms with Gasteiger partial charge in [0.1, 0.15) is 11.6 Å². The third-order valence-electron chi connectivity index (χ3n) is 7.71. The van der Waals surface area contributed by atoms with E-state index in [0.717, 1.165) is 11.6 Å². The SMILES string of the molecule is CC(C)(C)n1ncc(C(=O)Nc2cc(C(=O)N3CCC(c4ccc(C(=O)O)cc4)CC3)c(Cl)cc2F)c1-c1ccc(F)cc1. The van der Waals surface area contributed by atoms with Crippen LogP contribution in [0.25, 0.3) is 11.3 Å². The van der Waals surface area contributed by atoms with Gasteiger partial charge in [0.25, 0.3) is 11.8 Å². The standard InChI is InChI=1S/C33H31ClF2N4O4/c1-33(2,3)40-29(21-8-10-23(35)11-9-21)25(18-37-40)30(41)38-28-16-24(26(34)17-27(28)36)31(42)39-14-12-20(13-15-39)19-4-6-22(7-5-19)32(43)44/h4-11,16-18,20H,12-15H2,1-3H3,(H,38,41)(H,43,44). The van der Waals surface area contributed by atoms with Crippen molar-refractivity contribution in [1.82, 2.24) is 14.7 Å². The van der Waals surface area contributed by atoms with Gasteiger partial charge in [0.05, 0.1) is 44.8 Å². The van der Waals surface area contributed by atoms with Crippen molar-refractivity contribution >= 4 is 35.1 Å². The van der Waals surface area contributed by atoms with E-state index in [1.54, 1.807) is 46.0 Å². The maximum absolute atomic E-state index is 15.1. The van der Waals surface area contributed by atoms with Crippen LogP contribution in [0.15, 0.2) is 66.9 Å². The highest BCUT2D eigenvalue weighted by Gasteiger charge is 2.29. The highest BCUT2D eigenvalue weighted by atomic mass is 35.5. The van der Waals surface area contributed by atoms with Gasteiger partial charge >= 0.3 is 5.97 Å². The summed E-state index contributed by atoms with van der Waals surface area (Å²) in [6.45, 7) is 6.56. The molecule has 3 aromatic carbocycles. The van der Waals surface area contributed by atoms with Crippen molar-refractivity contribution in [3.63, 3.8) is 0 Å². The van der Waals surface area contributed by atoms with Crippen LogP contribution in [0.2, 0.25) is 5.02 Å². The number of hydrogen-bond acceptors (Lipinski definition) is 4. The van der Waals surface area contributed by atoms with Crippen LogP contribution in [0.3, 0.4) is 0 Å². The lowest BCUT2D eigenvalue weighted by Crippen LogP contribution is -2.38. The highest BCUT2D eigenvalue weighted by molar-refractivity contribution is 6.34. The molecule has 2 amide bonds. The number of rotatable bonds is 6. The minimum atomic E-state index is -0.989. The fourth-order valence-electron chi connectivity index (χ4n) is 5.39. The van der Waals surface area contributed by atoms with E-state index in [1.807, 2.05) is 20.8 Å². The van der Waals surface area contributed by atoms with Crippen LogP contribution >= 0.6 is 11.6 Å². The summed E-state index contributed by atoms with van der Waals surface area (Å²) in [5.74, 6) is -3.12. The van der Waals surface area contributed by atoms with Gasteiger partial charge in [-0.15, -0.1) is 0 Å². The zero-order chi connectivity index (χ0) is 31.8. The number of likely N-dealkylation sites (tertiary alicyclic amines) is 1. The lowest BCUT2D eigenvalue weighted by Gasteiger charge is -2.32. The van der Waals surface area contributed by atoms with Gasteiger partial charge in [-0.05, 0) is 93.6 Å². The Balaban J connectivity index is 1.35. The first kappa shape index (κ1) is 30.9. The molecule has 0 radical (unpaired) electrons. The third-order valence-corrected chi connectivity index (χ3v) is 8.03. The lowest BCUT2D eigenvalue weighted by atomic mass is 9.88. The first-order valence-electron chi connectivity index (χ1n) is 14.1. The van der Waals surface area contributed by atoms with Crippen molar-refractivity contribution < 1.29 is 28.3 Å². The molecule has 1 aliphatic heterocycles. The molecule has 11 heteroatoms. The smallest absolute Gasteiger partial charge is 0.335 e. The first-order valence-corrected chi connectivity index (χ1v) is 14.5. The number of amides is 2. The molecule has 0 unspecified atom stereocenters. The van der Waals surface area contributed by atoms with Crippen molar-refractivity contribution in [2.45, 2.75) is 45.1 Å². The van der Waals surface area contributed by atoms with Crippen molar-refractivity contribution in [2.24, 2.45) is 0 Å². The Morgan fingerprint density at radius 1 is 0.955 bits per heavy atom. The number of nitrogens with zero attached hydrogens (tertiary/aromatic N) is 3. The van der Waals surface area contributed by atoms with Crippen LogP contribution in [-0.2, 0) is 5.54 Å². The molecule has 0 aliphatic carbocycles. The molecule has 4 aromatic rings. The second kappa shape index (κ2) is 12.2. The summed E-state index contributed by atoms with van der Waals surface area (Å²) in [6, 6.07) is 14.6. The number of nitrogens with one attached hydrogen (secondary N) is 1. The number of carboxylic acid groups (broad SMARTS) is 1. The van der Waals surface area contributed by atoms with Crippen LogP contribution in [0.4, 0.5) is 14.5 Å². The number of aromatic carboxylic acids is 1. The fourth-order valence-corrected chi connectivity index (χ4v) is 5.62. The second-order valence-corrected chi connectivity index (χ2v) is 12.2.